The minimum atomic E-state index is -0.0151. The number of aromatic amines is 1. The van der Waals surface area contributed by atoms with Crippen LogP contribution in [-0.2, 0) is 4.74 Å². The lowest BCUT2D eigenvalue weighted by molar-refractivity contribution is 0.0131. The molecule has 3 heterocycles. The number of aromatic nitrogens is 4. The summed E-state index contributed by atoms with van der Waals surface area (Å²) in [6.45, 7) is 2.06. The van der Waals surface area contributed by atoms with Crippen LogP contribution in [0.3, 0.4) is 0 Å². The molecule has 2 aromatic rings. The second-order valence-electron chi connectivity index (χ2n) is 4.26. The van der Waals surface area contributed by atoms with Crippen LogP contribution in [0, 0.1) is 4.77 Å². The maximum Gasteiger partial charge on any atom is 0.200 e. The summed E-state index contributed by atoms with van der Waals surface area (Å²) >= 11 is 5.02. The van der Waals surface area contributed by atoms with Gasteiger partial charge in [0.2, 0.25) is 0 Å². The van der Waals surface area contributed by atoms with Gasteiger partial charge in [0.1, 0.15) is 17.6 Å². The fourth-order valence-corrected chi connectivity index (χ4v) is 2.35. The number of anilines is 1. The minimum Gasteiger partial charge on any atom is -0.383 e. The van der Waals surface area contributed by atoms with Crippen molar-refractivity contribution in [2.24, 2.45) is 0 Å². The van der Waals surface area contributed by atoms with Crippen LogP contribution in [-0.4, -0.2) is 25.6 Å². The first kappa shape index (κ1) is 10.7. The summed E-state index contributed by atoms with van der Waals surface area (Å²) < 4.78 is 8.06. The van der Waals surface area contributed by atoms with Crippen molar-refractivity contribution < 1.29 is 4.74 Å². The van der Waals surface area contributed by atoms with Gasteiger partial charge in [0.25, 0.3) is 0 Å². The molecular weight excluding hydrogens is 238 g/mol. The zero-order valence-corrected chi connectivity index (χ0v) is 10.2. The Hall–Kier alpha value is -1.47. The summed E-state index contributed by atoms with van der Waals surface area (Å²) in [5.74, 6) is 0.449. The number of hydrogen-bond donors (Lipinski definition) is 2. The summed E-state index contributed by atoms with van der Waals surface area (Å²) in [6, 6.07) is 0. The van der Waals surface area contributed by atoms with E-state index < -0.39 is 0 Å². The first-order chi connectivity index (χ1) is 8.15. The Labute approximate surface area is 103 Å². The number of nitrogens with two attached hydrogens (primary N) is 1. The summed E-state index contributed by atoms with van der Waals surface area (Å²) in [7, 11) is 0. The molecule has 1 aliphatic rings. The van der Waals surface area contributed by atoms with E-state index in [0.29, 0.717) is 21.8 Å². The maximum absolute atomic E-state index is 5.82. The van der Waals surface area contributed by atoms with Crippen LogP contribution in [0.25, 0.3) is 11.2 Å². The number of nitrogen functional groups attached to an aromatic ring is 1. The SMILES string of the molecule is CC1CCC(n2cnc3c(N)[nH]c(=S)nc32)O1. The van der Waals surface area contributed by atoms with Crippen LogP contribution >= 0.6 is 12.2 Å². The molecule has 2 atom stereocenters. The summed E-state index contributed by atoms with van der Waals surface area (Å²) in [5, 5.41) is 0. The van der Waals surface area contributed by atoms with E-state index in [-0.39, 0.29) is 12.3 Å². The van der Waals surface area contributed by atoms with Crippen LogP contribution in [0.2, 0.25) is 0 Å². The number of imidazole rings is 1. The van der Waals surface area contributed by atoms with E-state index in [4.69, 9.17) is 22.7 Å². The Morgan fingerprint density at radius 2 is 2.41 bits per heavy atom. The van der Waals surface area contributed by atoms with Crippen LogP contribution in [0.4, 0.5) is 5.82 Å². The molecule has 6 nitrogen and oxygen atoms in total. The van der Waals surface area contributed by atoms with Crippen molar-refractivity contribution in [2.75, 3.05) is 5.73 Å². The van der Waals surface area contributed by atoms with Gasteiger partial charge in [-0.25, -0.2) is 4.98 Å². The van der Waals surface area contributed by atoms with Gasteiger partial charge in [0.05, 0.1) is 12.4 Å². The molecule has 1 fully saturated rings. The predicted molar refractivity (Wildman–Crippen MR) is 65.9 cm³/mol. The number of hydrogen-bond acceptors (Lipinski definition) is 5. The molecule has 2 aromatic heterocycles. The third-order valence-electron chi connectivity index (χ3n) is 2.99. The number of nitrogens with zero attached hydrogens (tertiary/aromatic N) is 3. The van der Waals surface area contributed by atoms with Gasteiger partial charge >= 0.3 is 0 Å². The number of H-pyrrole nitrogens is 1. The van der Waals surface area contributed by atoms with E-state index in [1.54, 1.807) is 6.33 Å². The van der Waals surface area contributed by atoms with E-state index in [9.17, 15) is 0 Å². The topological polar surface area (TPSA) is 81.8 Å². The van der Waals surface area contributed by atoms with Crippen molar-refractivity contribution in [1.82, 2.24) is 19.5 Å². The largest absolute Gasteiger partial charge is 0.383 e. The van der Waals surface area contributed by atoms with Gasteiger partial charge in [0, 0.05) is 0 Å². The molecule has 0 aromatic carbocycles. The molecule has 0 aliphatic carbocycles. The first-order valence-corrected chi connectivity index (χ1v) is 5.94. The van der Waals surface area contributed by atoms with Gasteiger partial charge in [-0.05, 0) is 32.0 Å². The second-order valence-corrected chi connectivity index (χ2v) is 4.65. The molecule has 3 rings (SSSR count). The van der Waals surface area contributed by atoms with Gasteiger partial charge < -0.3 is 15.5 Å². The lowest BCUT2D eigenvalue weighted by Gasteiger charge is -2.12. The van der Waals surface area contributed by atoms with Gasteiger partial charge in [0.15, 0.2) is 10.4 Å². The molecule has 7 heteroatoms. The van der Waals surface area contributed by atoms with Crippen molar-refractivity contribution in [2.45, 2.75) is 32.1 Å². The first-order valence-electron chi connectivity index (χ1n) is 5.53. The second kappa shape index (κ2) is 3.78. The molecule has 17 heavy (non-hydrogen) atoms. The molecular formula is C10H13N5OS. The molecule has 1 aliphatic heterocycles. The van der Waals surface area contributed by atoms with Crippen molar-refractivity contribution in [1.29, 1.82) is 0 Å². The fraction of sp³-hybridized carbons (Fsp3) is 0.500. The Bertz CT molecular complexity index is 619. The van der Waals surface area contributed by atoms with Crippen LogP contribution in [0.15, 0.2) is 6.33 Å². The molecule has 0 bridgehead atoms. The lowest BCUT2D eigenvalue weighted by atomic mass is 10.2. The van der Waals surface area contributed by atoms with E-state index in [1.807, 2.05) is 4.57 Å². The molecule has 90 valence electrons. The summed E-state index contributed by atoms with van der Waals surface area (Å²) in [5.41, 5.74) is 7.14. The lowest BCUT2D eigenvalue weighted by Crippen LogP contribution is -2.09. The highest BCUT2D eigenvalue weighted by atomic mass is 32.1. The smallest absolute Gasteiger partial charge is 0.200 e. The highest BCUT2D eigenvalue weighted by molar-refractivity contribution is 7.71. The molecule has 3 N–H and O–H groups in total. The van der Waals surface area contributed by atoms with Crippen molar-refractivity contribution in [3.8, 4) is 0 Å². The average molecular weight is 251 g/mol. The number of ether oxygens (including phenoxy) is 1. The van der Waals surface area contributed by atoms with Crippen molar-refractivity contribution >= 4 is 29.2 Å². The predicted octanol–water partition coefficient (Wildman–Crippen LogP) is 1.77. The quantitative estimate of drug-likeness (QED) is 0.755. The third-order valence-corrected chi connectivity index (χ3v) is 3.18. The maximum atomic E-state index is 5.82. The number of fused-ring (bicyclic) bond motifs is 1. The van der Waals surface area contributed by atoms with E-state index in [2.05, 4.69) is 21.9 Å². The molecule has 0 amide bonds. The van der Waals surface area contributed by atoms with Gasteiger partial charge in [-0.2, -0.15) is 4.98 Å². The number of rotatable bonds is 1. The molecule has 2 unspecified atom stereocenters. The standard InChI is InChI=1S/C10H13N5OS/c1-5-2-3-6(16-5)15-4-12-7-8(11)13-10(17)14-9(7)15/h4-6H,2-3H2,1H3,(H3,11,13,14,17). The van der Waals surface area contributed by atoms with Crippen LogP contribution in [0.5, 0.6) is 0 Å². The third kappa shape index (κ3) is 1.71. The van der Waals surface area contributed by atoms with E-state index in [0.717, 1.165) is 12.8 Å². The van der Waals surface area contributed by atoms with Crippen molar-refractivity contribution in [3.05, 3.63) is 11.1 Å². The Morgan fingerprint density at radius 3 is 3.12 bits per heavy atom. The van der Waals surface area contributed by atoms with E-state index in [1.165, 1.54) is 0 Å². The monoisotopic (exact) mass is 251 g/mol. The molecule has 0 spiro atoms. The van der Waals surface area contributed by atoms with E-state index >= 15 is 0 Å². The highest BCUT2D eigenvalue weighted by Gasteiger charge is 2.25. The normalized spacial score (nSPS) is 24.5. The van der Waals surface area contributed by atoms with Crippen LogP contribution < -0.4 is 5.73 Å². The van der Waals surface area contributed by atoms with Gasteiger partial charge in [-0.15, -0.1) is 0 Å². The molecule has 1 saturated heterocycles. The summed E-state index contributed by atoms with van der Waals surface area (Å²) in [6.07, 6.45) is 3.96. The average Bonchev–Trinajstić information content (AvgIpc) is 2.83. The van der Waals surface area contributed by atoms with Crippen LogP contribution in [0.1, 0.15) is 26.0 Å². The number of nitrogens with one attached hydrogen (secondary N) is 1. The Morgan fingerprint density at radius 1 is 1.59 bits per heavy atom. The zero-order chi connectivity index (χ0) is 12.0. The molecule has 0 saturated carbocycles. The minimum absolute atomic E-state index is 0.0151. The Balaban J connectivity index is 2.14. The van der Waals surface area contributed by atoms with Gasteiger partial charge in [-0.1, -0.05) is 0 Å². The van der Waals surface area contributed by atoms with Crippen molar-refractivity contribution in [3.63, 3.8) is 0 Å². The zero-order valence-electron chi connectivity index (χ0n) is 9.38. The molecule has 0 radical (unpaired) electrons. The summed E-state index contributed by atoms with van der Waals surface area (Å²) in [4.78, 5) is 11.3. The fourth-order valence-electron chi connectivity index (χ4n) is 2.15. The highest BCUT2D eigenvalue weighted by Crippen LogP contribution is 2.30. The van der Waals surface area contributed by atoms with Gasteiger partial charge in [-0.3, -0.25) is 4.57 Å². The Kier molecular flexibility index (Phi) is 2.37.